The standard InChI is InChI=1S/C12H17ClO2/c13-9-5-2-1-3-6-10-14-12-8-4-7-11-15-12/h5,9,12H,3-4,6-8,10-11H2/b9-5-. The Hall–Kier alpha value is -0.490. The highest BCUT2D eigenvalue weighted by Crippen LogP contribution is 2.13. The van der Waals surface area contributed by atoms with Crippen LogP contribution in [0.2, 0.25) is 0 Å². The molecule has 1 atom stereocenters. The van der Waals surface area contributed by atoms with Crippen LogP contribution in [0.3, 0.4) is 0 Å². The lowest BCUT2D eigenvalue weighted by Gasteiger charge is -2.22. The molecule has 84 valence electrons. The van der Waals surface area contributed by atoms with Crippen LogP contribution >= 0.6 is 11.6 Å². The Morgan fingerprint density at radius 2 is 2.40 bits per heavy atom. The maximum absolute atomic E-state index is 5.56. The predicted molar refractivity (Wildman–Crippen MR) is 61.5 cm³/mol. The van der Waals surface area contributed by atoms with Crippen LogP contribution < -0.4 is 0 Å². The zero-order valence-corrected chi connectivity index (χ0v) is 9.63. The van der Waals surface area contributed by atoms with Gasteiger partial charge in [-0.2, -0.15) is 0 Å². The monoisotopic (exact) mass is 228 g/mol. The number of allylic oxidation sites excluding steroid dienone is 1. The molecule has 1 heterocycles. The summed E-state index contributed by atoms with van der Waals surface area (Å²) in [6.45, 7) is 1.56. The van der Waals surface area contributed by atoms with Gasteiger partial charge in [-0.15, -0.1) is 0 Å². The highest BCUT2D eigenvalue weighted by Gasteiger charge is 2.12. The van der Waals surface area contributed by atoms with Crippen LogP contribution in [0, 0.1) is 11.8 Å². The molecule has 0 aromatic carbocycles. The number of unbranched alkanes of at least 4 members (excludes halogenated alkanes) is 1. The maximum Gasteiger partial charge on any atom is 0.157 e. The van der Waals surface area contributed by atoms with E-state index in [1.54, 1.807) is 6.08 Å². The second-order valence-corrected chi connectivity index (χ2v) is 3.64. The highest BCUT2D eigenvalue weighted by molar-refractivity contribution is 6.25. The van der Waals surface area contributed by atoms with Gasteiger partial charge in [-0.1, -0.05) is 23.4 Å². The second-order valence-electron chi connectivity index (χ2n) is 3.38. The predicted octanol–water partition coefficient (Wildman–Crippen LogP) is 3.07. The summed E-state index contributed by atoms with van der Waals surface area (Å²) in [6, 6.07) is 0. The number of hydrogen-bond donors (Lipinski definition) is 0. The third kappa shape index (κ3) is 6.57. The van der Waals surface area contributed by atoms with Crippen molar-refractivity contribution in [3.63, 3.8) is 0 Å². The number of halogens is 1. The molecular formula is C12H17ClO2. The molecule has 0 amide bonds. The van der Waals surface area contributed by atoms with Crippen LogP contribution in [0.15, 0.2) is 11.6 Å². The van der Waals surface area contributed by atoms with Gasteiger partial charge in [0.15, 0.2) is 6.29 Å². The molecule has 0 aromatic heterocycles. The van der Waals surface area contributed by atoms with Crippen molar-refractivity contribution < 1.29 is 9.47 Å². The van der Waals surface area contributed by atoms with Gasteiger partial charge in [-0.3, -0.25) is 0 Å². The Balaban J connectivity index is 1.94. The summed E-state index contributed by atoms with van der Waals surface area (Å²) in [5, 5.41) is 0. The molecule has 0 spiro atoms. The van der Waals surface area contributed by atoms with Crippen molar-refractivity contribution in [1.29, 1.82) is 0 Å². The smallest absolute Gasteiger partial charge is 0.157 e. The zero-order chi connectivity index (χ0) is 10.8. The normalized spacial score (nSPS) is 21.3. The molecule has 1 aliphatic rings. The fourth-order valence-corrected chi connectivity index (χ4v) is 1.44. The molecule has 0 aromatic rings. The summed E-state index contributed by atoms with van der Waals surface area (Å²) in [4.78, 5) is 0. The van der Waals surface area contributed by atoms with Crippen LogP contribution in [0.25, 0.3) is 0 Å². The van der Waals surface area contributed by atoms with Crippen LogP contribution in [0.4, 0.5) is 0 Å². The van der Waals surface area contributed by atoms with Gasteiger partial charge in [0.25, 0.3) is 0 Å². The first-order valence-corrected chi connectivity index (χ1v) is 5.84. The fourth-order valence-electron chi connectivity index (χ4n) is 1.38. The van der Waals surface area contributed by atoms with Crippen LogP contribution in [-0.4, -0.2) is 19.5 Å². The molecule has 0 N–H and O–H groups in total. The molecule has 1 unspecified atom stereocenters. The van der Waals surface area contributed by atoms with E-state index < -0.39 is 0 Å². The first kappa shape index (κ1) is 12.6. The van der Waals surface area contributed by atoms with Gasteiger partial charge in [0.05, 0.1) is 6.61 Å². The Bertz CT molecular complexity index is 234. The maximum atomic E-state index is 5.56. The first-order valence-electron chi connectivity index (χ1n) is 5.40. The molecule has 1 aliphatic heterocycles. The first-order chi connectivity index (χ1) is 7.43. The lowest BCUT2D eigenvalue weighted by Crippen LogP contribution is -2.22. The van der Waals surface area contributed by atoms with Crippen molar-refractivity contribution in [3.8, 4) is 11.8 Å². The van der Waals surface area contributed by atoms with Gasteiger partial charge in [0.2, 0.25) is 0 Å². The van der Waals surface area contributed by atoms with Crippen LogP contribution in [-0.2, 0) is 9.47 Å². The minimum atomic E-state index is 0.0226. The minimum absolute atomic E-state index is 0.0226. The van der Waals surface area contributed by atoms with E-state index >= 15 is 0 Å². The summed E-state index contributed by atoms with van der Waals surface area (Å²) >= 11 is 5.32. The summed E-state index contributed by atoms with van der Waals surface area (Å²) in [6.07, 6.45) is 6.85. The molecule has 0 bridgehead atoms. The van der Waals surface area contributed by atoms with E-state index in [9.17, 15) is 0 Å². The molecule has 0 saturated carbocycles. The van der Waals surface area contributed by atoms with Gasteiger partial charge >= 0.3 is 0 Å². The summed E-state index contributed by atoms with van der Waals surface area (Å²) in [5.41, 5.74) is 1.42. The Labute approximate surface area is 96.6 Å². The minimum Gasteiger partial charge on any atom is -0.353 e. The van der Waals surface area contributed by atoms with E-state index in [0.717, 1.165) is 38.9 Å². The van der Waals surface area contributed by atoms with Gasteiger partial charge in [-0.05, 0) is 31.8 Å². The Morgan fingerprint density at radius 3 is 3.13 bits per heavy atom. The molecule has 1 fully saturated rings. The van der Waals surface area contributed by atoms with Crippen molar-refractivity contribution in [1.82, 2.24) is 0 Å². The quantitative estimate of drug-likeness (QED) is 0.544. The molecule has 0 radical (unpaired) electrons. The van der Waals surface area contributed by atoms with Gasteiger partial charge < -0.3 is 9.47 Å². The number of rotatable bonds is 4. The topological polar surface area (TPSA) is 18.5 Å². The van der Waals surface area contributed by atoms with Crippen molar-refractivity contribution >= 4 is 11.6 Å². The highest BCUT2D eigenvalue weighted by atomic mass is 35.5. The second kappa shape index (κ2) is 8.79. The van der Waals surface area contributed by atoms with Crippen molar-refractivity contribution in [2.24, 2.45) is 0 Å². The lowest BCUT2D eigenvalue weighted by molar-refractivity contribution is -0.162. The average molecular weight is 229 g/mol. The molecule has 1 rings (SSSR count). The zero-order valence-electron chi connectivity index (χ0n) is 8.88. The molecular weight excluding hydrogens is 212 g/mol. The summed E-state index contributed by atoms with van der Waals surface area (Å²) < 4.78 is 11.0. The number of hydrogen-bond acceptors (Lipinski definition) is 2. The van der Waals surface area contributed by atoms with E-state index in [0.29, 0.717) is 0 Å². The largest absolute Gasteiger partial charge is 0.353 e. The van der Waals surface area contributed by atoms with E-state index in [1.165, 1.54) is 12.0 Å². The summed E-state index contributed by atoms with van der Waals surface area (Å²) in [5.74, 6) is 5.81. The van der Waals surface area contributed by atoms with Gasteiger partial charge in [-0.25, -0.2) is 0 Å². The van der Waals surface area contributed by atoms with Crippen LogP contribution in [0.1, 0.15) is 32.1 Å². The Morgan fingerprint density at radius 1 is 1.47 bits per heavy atom. The van der Waals surface area contributed by atoms with E-state index in [1.807, 2.05) is 0 Å². The number of ether oxygens (including phenoxy) is 2. The van der Waals surface area contributed by atoms with E-state index in [4.69, 9.17) is 21.1 Å². The molecule has 3 heteroatoms. The molecule has 2 nitrogen and oxygen atoms in total. The fraction of sp³-hybridized carbons (Fsp3) is 0.667. The SMILES string of the molecule is Cl/C=C\C#CCCCOC1CCCCO1. The summed E-state index contributed by atoms with van der Waals surface area (Å²) in [7, 11) is 0. The Kier molecular flexibility index (Phi) is 7.37. The average Bonchev–Trinajstić information content (AvgIpc) is 2.29. The lowest BCUT2D eigenvalue weighted by atomic mass is 10.2. The van der Waals surface area contributed by atoms with Gasteiger partial charge in [0, 0.05) is 18.6 Å². The van der Waals surface area contributed by atoms with E-state index in [2.05, 4.69) is 11.8 Å². The van der Waals surface area contributed by atoms with Crippen molar-refractivity contribution in [3.05, 3.63) is 11.6 Å². The van der Waals surface area contributed by atoms with E-state index in [-0.39, 0.29) is 6.29 Å². The third-order valence-electron chi connectivity index (χ3n) is 2.14. The molecule has 0 aliphatic carbocycles. The van der Waals surface area contributed by atoms with Gasteiger partial charge in [0.1, 0.15) is 0 Å². The van der Waals surface area contributed by atoms with Crippen molar-refractivity contribution in [2.45, 2.75) is 38.4 Å². The third-order valence-corrected chi connectivity index (χ3v) is 2.26. The van der Waals surface area contributed by atoms with Crippen molar-refractivity contribution in [2.75, 3.05) is 13.2 Å². The van der Waals surface area contributed by atoms with Crippen LogP contribution in [0.5, 0.6) is 0 Å². The molecule has 1 saturated heterocycles. The molecule has 15 heavy (non-hydrogen) atoms.